The lowest BCUT2D eigenvalue weighted by Gasteiger charge is -2.33. The summed E-state index contributed by atoms with van der Waals surface area (Å²) in [5.74, 6) is -1.01. The smallest absolute Gasteiger partial charge is 0.339 e. The number of benzene rings is 7. The van der Waals surface area contributed by atoms with Gasteiger partial charge in [-0.1, -0.05) is 111 Å². The zero-order chi connectivity index (χ0) is 41.7. The number of rotatable bonds is 14. The highest BCUT2D eigenvalue weighted by molar-refractivity contribution is 5.92. The minimum absolute atomic E-state index is 0.0588. The molecule has 7 rings (SSSR count). The predicted octanol–water partition coefficient (Wildman–Crippen LogP) is 11.8. The van der Waals surface area contributed by atoms with Crippen LogP contribution in [0.25, 0.3) is 0 Å². The Morgan fingerprint density at radius 2 is 0.593 bits per heavy atom. The summed E-state index contributed by atoms with van der Waals surface area (Å²) in [7, 11) is 0. The highest BCUT2D eigenvalue weighted by atomic mass is 16.5. The van der Waals surface area contributed by atoms with Crippen molar-refractivity contribution in [2.75, 3.05) is 0 Å². The standard InChI is InChI=1S/C50H40O9/c1-49(2,33-20-26-37(27-21-33)57-43-13-7-4-10-40(43)46(51)52)32-16-18-34(19-17-32)50(3,35-22-28-38(29-23-35)58-44-14-8-5-11-41(44)47(53)54)36-24-30-39(31-25-36)59-45-15-9-6-12-42(45)48(55)56/h4-31H,1-3H3,(H,51,52)(H,53,54)(H,55,56). The van der Waals surface area contributed by atoms with Crippen molar-refractivity contribution in [1.82, 2.24) is 0 Å². The van der Waals surface area contributed by atoms with Gasteiger partial charge in [-0.2, -0.15) is 0 Å². The molecule has 0 aliphatic rings. The molecule has 0 aliphatic carbocycles. The van der Waals surface area contributed by atoms with Gasteiger partial charge in [0.1, 0.15) is 51.2 Å². The SMILES string of the molecule is CC(C)(c1ccc(Oc2ccccc2C(=O)O)cc1)c1ccc(C(C)(c2ccc(Oc3ccccc3C(=O)O)cc2)c2ccc(Oc3ccccc3C(=O)O)cc2)cc1. The molecule has 0 saturated carbocycles. The number of carboxylic acids is 3. The van der Waals surface area contributed by atoms with Crippen molar-refractivity contribution in [1.29, 1.82) is 0 Å². The third-order valence-electron chi connectivity index (χ3n) is 10.7. The number of carbonyl (C=O) groups is 3. The number of aromatic carboxylic acids is 3. The molecule has 0 spiro atoms. The molecule has 3 N–H and O–H groups in total. The summed E-state index contributed by atoms with van der Waals surface area (Å²) in [6, 6.07) is 50.7. The van der Waals surface area contributed by atoms with Crippen LogP contribution in [0.4, 0.5) is 0 Å². The topological polar surface area (TPSA) is 140 Å². The fraction of sp³-hybridized carbons (Fsp3) is 0.100. The van der Waals surface area contributed by atoms with E-state index in [0.29, 0.717) is 17.2 Å². The van der Waals surface area contributed by atoms with Gasteiger partial charge in [0.2, 0.25) is 0 Å². The first kappa shape index (κ1) is 39.6. The van der Waals surface area contributed by atoms with E-state index in [-0.39, 0.29) is 33.9 Å². The Labute approximate surface area is 341 Å². The molecule has 0 bridgehead atoms. The number of para-hydroxylation sites is 3. The molecule has 0 amide bonds. The molecule has 9 nitrogen and oxygen atoms in total. The maximum atomic E-state index is 11.8. The molecular formula is C50H40O9. The molecule has 294 valence electrons. The maximum Gasteiger partial charge on any atom is 0.339 e. The zero-order valence-corrected chi connectivity index (χ0v) is 32.5. The third-order valence-corrected chi connectivity index (χ3v) is 10.7. The molecule has 0 aliphatic heterocycles. The molecule has 0 unspecified atom stereocenters. The molecule has 59 heavy (non-hydrogen) atoms. The van der Waals surface area contributed by atoms with E-state index in [1.54, 1.807) is 54.6 Å². The second kappa shape index (κ2) is 16.4. The minimum atomic E-state index is -1.08. The van der Waals surface area contributed by atoms with E-state index in [1.807, 2.05) is 72.8 Å². The number of carboxylic acid groups (broad SMARTS) is 3. The van der Waals surface area contributed by atoms with Crippen molar-refractivity contribution < 1.29 is 43.9 Å². The molecule has 0 aromatic heterocycles. The Balaban J connectivity index is 1.20. The van der Waals surface area contributed by atoms with Crippen molar-refractivity contribution in [3.05, 3.63) is 214 Å². The van der Waals surface area contributed by atoms with Crippen molar-refractivity contribution in [3.8, 4) is 34.5 Å². The van der Waals surface area contributed by atoms with Crippen LogP contribution in [-0.4, -0.2) is 33.2 Å². The lowest BCUT2D eigenvalue weighted by Crippen LogP contribution is -2.26. The van der Waals surface area contributed by atoms with Crippen LogP contribution >= 0.6 is 0 Å². The van der Waals surface area contributed by atoms with Crippen LogP contribution in [-0.2, 0) is 10.8 Å². The first-order valence-electron chi connectivity index (χ1n) is 18.8. The molecule has 7 aromatic carbocycles. The van der Waals surface area contributed by atoms with Gasteiger partial charge in [0.25, 0.3) is 0 Å². The lowest BCUT2D eigenvalue weighted by molar-refractivity contribution is 0.0683. The Kier molecular flexibility index (Phi) is 11.0. The van der Waals surface area contributed by atoms with Gasteiger partial charge in [-0.25, -0.2) is 14.4 Å². The fourth-order valence-corrected chi connectivity index (χ4v) is 7.12. The van der Waals surface area contributed by atoms with Crippen LogP contribution in [0.15, 0.2) is 170 Å². The van der Waals surface area contributed by atoms with Crippen molar-refractivity contribution in [2.45, 2.75) is 31.6 Å². The molecule has 7 aromatic rings. The van der Waals surface area contributed by atoms with Gasteiger partial charge in [0.05, 0.1) is 0 Å². The first-order valence-corrected chi connectivity index (χ1v) is 18.8. The van der Waals surface area contributed by atoms with Crippen LogP contribution in [0.1, 0.15) is 79.7 Å². The average molecular weight is 785 g/mol. The van der Waals surface area contributed by atoms with E-state index in [9.17, 15) is 29.7 Å². The highest BCUT2D eigenvalue weighted by Crippen LogP contribution is 2.42. The van der Waals surface area contributed by atoms with Crippen molar-refractivity contribution in [3.63, 3.8) is 0 Å². The van der Waals surface area contributed by atoms with E-state index >= 15 is 0 Å². The lowest BCUT2D eigenvalue weighted by atomic mass is 9.70. The third kappa shape index (κ3) is 8.26. The number of hydrogen-bond donors (Lipinski definition) is 3. The summed E-state index contributed by atoms with van der Waals surface area (Å²) in [4.78, 5) is 35.3. The summed E-state index contributed by atoms with van der Waals surface area (Å²) in [5.41, 5.74) is 4.05. The van der Waals surface area contributed by atoms with Crippen LogP contribution < -0.4 is 14.2 Å². The second-order valence-corrected chi connectivity index (χ2v) is 14.6. The van der Waals surface area contributed by atoms with Gasteiger partial charge < -0.3 is 29.5 Å². The monoisotopic (exact) mass is 784 g/mol. The number of ether oxygens (including phenoxy) is 3. The van der Waals surface area contributed by atoms with Gasteiger partial charge in [0.15, 0.2) is 0 Å². The molecule has 9 heteroatoms. The summed E-state index contributed by atoms with van der Waals surface area (Å²) >= 11 is 0. The van der Waals surface area contributed by atoms with Gasteiger partial charge in [0, 0.05) is 10.8 Å². The van der Waals surface area contributed by atoms with Crippen molar-refractivity contribution >= 4 is 17.9 Å². The van der Waals surface area contributed by atoms with Crippen molar-refractivity contribution in [2.24, 2.45) is 0 Å². The summed E-state index contributed by atoms with van der Waals surface area (Å²) in [6.07, 6.45) is 0. The zero-order valence-electron chi connectivity index (χ0n) is 32.5. The maximum absolute atomic E-state index is 11.8. The normalized spacial score (nSPS) is 11.4. The molecule has 0 fully saturated rings. The van der Waals surface area contributed by atoms with Gasteiger partial charge in [-0.05, 0) is 108 Å². The Morgan fingerprint density at radius 3 is 0.881 bits per heavy atom. The molecule has 0 atom stereocenters. The van der Waals surface area contributed by atoms with Gasteiger partial charge in [-0.15, -0.1) is 0 Å². The van der Waals surface area contributed by atoms with Crippen LogP contribution in [0.3, 0.4) is 0 Å². The number of hydrogen-bond acceptors (Lipinski definition) is 6. The predicted molar refractivity (Wildman–Crippen MR) is 224 cm³/mol. The van der Waals surface area contributed by atoms with Crippen LogP contribution in [0.5, 0.6) is 34.5 Å². The fourth-order valence-electron chi connectivity index (χ4n) is 7.12. The molecule has 0 saturated heterocycles. The molecular weight excluding hydrogens is 745 g/mol. The molecule has 0 radical (unpaired) electrons. The summed E-state index contributed by atoms with van der Waals surface area (Å²) in [6.45, 7) is 6.40. The first-order chi connectivity index (χ1) is 28.3. The van der Waals surface area contributed by atoms with Crippen LogP contribution in [0, 0.1) is 0 Å². The Morgan fingerprint density at radius 1 is 0.356 bits per heavy atom. The van der Waals surface area contributed by atoms with Crippen LogP contribution in [0.2, 0.25) is 0 Å². The van der Waals surface area contributed by atoms with E-state index in [0.717, 1.165) is 27.8 Å². The van der Waals surface area contributed by atoms with E-state index in [2.05, 4.69) is 45.0 Å². The Bertz CT molecular complexity index is 2520. The Hall–Kier alpha value is -7.65. The van der Waals surface area contributed by atoms with Gasteiger partial charge >= 0.3 is 17.9 Å². The summed E-state index contributed by atoms with van der Waals surface area (Å²) in [5, 5.41) is 28.9. The largest absolute Gasteiger partial charge is 0.478 e. The van der Waals surface area contributed by atoms with E-state index in [4.69, 9.17) is 14.2 Å². The van der Waals surface area contributed by atoms with E-state index in [1.165, 1.54) is 18.2 Å². The van der Waals surface area contributed by atoms with E-state index < -0.39 is 28.7 Å². The minimum Gasteiger partial charge on any atom is -0.478 e. The summed E-state index contributed by atoms with van der Waals surface area (Å²) < 4.78 is 18.0. The second-order valence-electron chi connectivity index (χ2n) is 14.6. The van der Waals surface area contributed by atoms with Gasteiger partial charge in [-0.3, -0.25) is 0 Å². The molecule has 0 heterocycles. The highest BCUT2D eigenvalue weighted by Gasteiger charge is 2.33. The average Bonchev–Trinajstić information content (AvgIpc) is 3.24. The quantitative estimate of drug-likeness (QED) is 0.0919.